The minimum absolute atomic E-state index is 0.0305. The second kappa shape index (κ2) is 5.50. The van der Waals surface area contributed by atoms with Crippen molar-refractivity contribution in [2.75, 3.05) is 0 Å². The molecule has 1 aliphatic rings. The normalized spacial score (nSPS) is 21.6. The van der Waals surface area contributed by atoms with Gasteiger partial charge in [-0.25, -0.2) is 12.8 Å². The topological polar surface area (TPSA) is 63.2 Å². The molecule has 4 nitrogen and oxygen atoms in total. The Kier molecular flexibility index (Phi) is 4.27. The molecule has 110 valence electrons. The molecule has 2 rings (SSSR count). The Balaban J connectivity index is 2.31. The standard InChI is InChI=1S/C12H12Cl2FNO3S/c1-2-6-3-10(6)16-12(17)8-4-7(20(14,18)19)5-9(15)11(8)13/h4-6,10H,2-3H2,1H3,(H,16,17). The summed E-state index contributed by atoms with van der Waals surface area (Å²) in [6.07, 6.45) is 1.79. The molecule has 2 unspecified atom stereocenters. The first-order chi connectivity index (χ1) is 9.24. The van der Waals surface area contributed by atoms with Crippen LogP contribution in [-0.4, -0.2) is 20.4 Å². The van der Waals surface area contributed by atoms with Crippen LogP contribution in [0.15, 0.2) is 17.0 Å². The third-order valence-corrected chi connectivity index (χ3v) is 5.01. The largest absolute Gasteiger partial charge is 0.349 e. The van der Waals surface area contributed by atoms with E-state index in [0.29, 0.717) is 12.0 Å². The van der Waals surface area contributed by atoms with Crippen LogP contribution in [0.2, 0.25) is 5.02 Å². The first-order valence-electron chi connectivity index (χ1n) is 5.98. The number of benzene rings is 1. The van der Waals surface area contributed by atoms with Crippen LogP contribution in [-0.2, 0) is 9.05 Å². The number of nitrogens with one attached hydrogen (secondary N) is 1. The zero-order valence-electron chi connectivity index (χ0n) is 10.5. The maximum absolute atomic E-state index is 13.6. The first-order valence-corrected chi connectivity index (χ1v) is 8.67. The molecule has 1 saturated carbocycles. The average Bonchev–Trinajstić information content (AvgIpc) is 3.09. The van der Waals surface area contributed by atoms with E-state index in [1.54, 1.807) is 0 Å². The summed E-state index contributed by atoms with van der Waals surface area (Å²) in [5, 5.41) is 2.27. The maximum Gasteiger partial charge on any atom is 0.261 e. The fourth-order valence-electron chi connectivity index (χ4n) is 1.99. The van der Waals surface area contributed by atoms with Crippen molar-refractivity contribution < 1.29 is 17.6 Å². The number of hydrogen-bond acceptors (Lipinski definition) is 3. The molecule has 2 atom stereocenters. The summed E-state index contributed by atoms with van der Waals surface area (Å²) < 4.78 is 36.0. The van der Waals surface area contributed by atoms with E-state index in [4.69, 9.17) is 22.3 Å². The highest BCUT2D eigenvalue weighted by Gasteiger charge is 2.37. The van der Waals surface area contributed by atoms with Crippen molar-refractivity contribution in [3.8, 4) is 0 Å². The van der Waals surface area contributed by atoms with Crippen molar-refractivity contribution in [3.63, 3.8) is 0 Å². The summed E-state index contributed by atoms with van der Waals surface area (Å²) in [5.41, 5.74) is -0.229. The van der Waals surface area contributed by atoms with Gasteiger partial charge in [-0.05, 0) is 24.5 Å². The van der Waals surface area contributed by atoms with Crippen molar-refractivity contribution in [1.82, 2.24) is 5.32 Å². The molecule has 1 aromatic carbocycles. The van der Waals surface area contributed by atoms with Crippen LogP contribution < -0.4 is 5.32 Å². The second-order valence-corrected chi connectivity index (χ2v) is 7.63. The van der Waals surface area contributed by atoms with Crippen LogP contribution in [0.4, 0.5) is 4.39 Å². The van der Waals surface area contributed by atoms with E-state index in [9.17, 15) is 17.6 Å². The summed E-state index contributed by atoms with van der Waals surface area (Å²) in [7, 11) is 1.02. The highest BCUT2D eigenvalue weighted by Crippen LogP contribution is 2.34. The van der Waals surface area contributed by atoms with E-state index in [1.807, 2.05) is 6.92 Å². The Bertz CT molecular complexity index is 663. The van der Waals surface area contributed by atoms with Gasteiger partial charge in [-0.15, -0.1) is 0 Å². The minimum atomic E-state index is -4.13. The number of hydrogen-bond donors (Lipinski definition) is 1. The third kappa shape index (κ3) is 3.24. The van der Waals surface area contributed by atoms with E-state index in [2.05, 4.69) is 5.32 Å². The van der Waals surface area contributed by atoms with E-state index >= 15 is 0 Å². The van der Waals surface area contributed by atoms with Crippen LogP contribution in [0, 0.1) is 11.7 Å². The molecule has 1 aromatic rings. The number of carbonyl (C=O) groups excluding carboxylic acids is 1. The fraction of sp³-hybridized carbons (Fsp3) is 0.417. The van der Waals surface area contributed by atoms with Crippen molar-refractivity contribution in [3.05, 3.63) is 28.5 Å². The van der Waals surface area contributed by atoms with E-state index < -0.39 is 30.7 Å². The van der Waals surface area contributed by atoms with E-state index in [0.717, 1.165) is 18.9 Å². The fourth-order valence-corrected chi connectivity index (χ4v) is 2.96. The molecule has 1 N–H and O–H groups in total. The zero-order chi connectivity index (χ0) is 15.1. The lowest BCUT2D eigenvalue weighted by Crippen LogP contribution is -2.27. The molecule has 0 aromatic heterocycles. The van der Waals surface area contributed by atoms with Gasteiger partial charge in [-0.3, -0.25) is 4.79 Å². The number of rotatable bonds is 4. The lowest BCUT2D eigenvalue weighted by atomic mass is 10.2. The van der Waals surface area contributed by atoms with Gasteiger partial charge in [0.2, 0.25) is 0 Å². The molecule has 0 saturated heterocycles. The predicted molar refractivity (Wildman–Crippen MR) is 74.1 cm³/mol. The average molecular weight is 340 g/mol. The number of amides is 1. The van der Waals surface area contributed by atoms with Crippen molar-refractivity contribution in [2.45, 2.75) is 30.7 Å². The molecule has 0 aliphatic heterocycles. The SMILES string of the molecule is CCC1CC1NC(=O)c1cc(S(=O)(=O)Cl)cc(F)c1Cl. The third-order valence-electron chi connectivity index (χ3n) is 3.29. The van der Waals surface area contributed by atoms with Gasteiger partial charge < -0.3 is 5.32 Å². The molecule has 0 spiro atoms. The van der Waals surface area contributed by atoms with Gasteiger partial charge in [0.1, 0.15) is 5.82 Å². The Labute approximate surface area is 125 Å². The first kappa shape index (κ1) is 15.5. The van der Waals surface area contributed by atoms with E-state index in [1.165, 1.54) is 0 Å². The number of carbonyl (C=O) groups is 1. The predicted octanol–water partition coefficient (Wildman–Crippen LogP) is 2.93. The van der Waals surface area contributed by atoms with Crippen LogP contribution in [0.3, 0.4) is 0 Å². The van der Waals surface area contributed by atoms with Crippen molar-refractivity contribution in [2.24, 2.45) is 5.92 Å². The summed E-state index contributed by atoms with van der Waals surface area (Å²) >= 11 is 5.71. The molecule has 1 aliphatic carbocycles. The summed E-state index contributed by atoms with van der Waals surface area (Å²) in [5.74, 6) is -1.19. The van der Waals surface area contributed by atoms with Gasteiger partial charge in [0, 0.05) is 16.7 Å². The smallest absolute Gasteiger partial charge is 0.261 e. The monoisotopic (exact) mass is 339 g/mol. The Morgan fingerprint density at radius 2 is 2.15 bits per heavy atom. The second-order valence-electron chi connectivity index (χ2n) is 4.69. The highest BCUT2D eigenvalue weighted by molar-refractivity contribution is 8.13. The molecular formula is C12H12Cl2FNO3S. The summed E-state index contributed by atoms with van der Waals surface area (Å²) in [6, 6.07) is 1.70. The molecule has 1 amide bonds. The molecular weight excluding hydrogens is 328 g/mol. The molecule has 8 heteroatoms. The molecule has 0 bridgehead atoms. The van der Waals surface area contributed by atoms with E-state index in [-0.39, 0.29) is 11.6 Å². The van der Waals surface area contributed by atoms with Crippen LogP contribution in [0.1, 0.15) is 30.1 Å². The lowest BCUT2D eigenvalue weighted by molar-refractivity contribution is 0.0948. The van der Waals surface area contributed by atoms with Crippen LogP contribution in [0.5, 0.6) is 0 Å². The van der Waals surface area contributed by atoms with Gasteiger partial charge in [-0.2, -0.15) is 0 Å². The Hall–Kier alpha value is -0.850. The molecule has 1 fully saturated rings. The van der Waals surface area contributed by atoms with Gasteiger partial charge in [0.05, 0.1) is 15.5 Å². The van der Waals surface area contributed by atoms with Gasteiger partial charge in [0.25, 0.3) is 15.0 Å². The van der Waals surface area contributed by atoms with Crippen LogP contribution in [0.25, 0.3) is 0 Å². The van der Waals surface area contributed by atoms with Crippen molar-refractivity contribution >= 4 is 37.2 Å². The molecule has 20 heavy (non-hydrogen) atoms. The number of halogens is 3. The van der Waals surface area contributed by atoms with Crippen LogP contribution >= 0.6 is 22.3 Å². The Morgan fingerprint density at radius 3 is 2.65 bits per heavy atom. The Morgan fingerprint density at radius 1 is 1.50 bits per heavy atom. The minimum Gasteiger partial charge on any atom is -0.349 e. The maximum atomic E-state index is 13.6. The quantitative estimate of drug-likeness (QED) is 0.857. The molecule has 0 heterocycles. The highest BCUT2D eigenvalue weighted by atomic mass is 35.7. The summed E-state index contributed by atoms with van der Waals surface area (Å²) in [6.45, 7) is 2.00. The summed E-state index contributed by atoms with van der Waals surface area (Å²) in [4.78, 5) is 11.5. The lowest BCUT2D eigenvalue weighted by Gasteiger charge is -2.08. The van der Waals surface area contributed by atoms with Gasteiger partial charge in [-0.1, -0.05) is 24.9 Å². The molecule has 0 radical (unpaired) electrons. The van der Waals surface area contributed by atoms with Crippen molar-refractivity contribution in [1.29, 1.82) is 0 Å². The zero-order valence-corrected chi connectivity index (χ0v) is 12.8. The van der Waals surface area contributed by atoms with Gasteiger partial charge >= 0.3 is 0 Å². The van der Waals surface area contributed by atoms with Gasteiger partial charge in [0.15, 0.2) is 0 Å².